The predicted molar refractivity (Wildman–Crippen MR) is 82.2 cm³/mol. The van der Waals surface area contributed by atoms with Gasteiger partial charge in [-0.25, -0.2) is 14.0 Å². The van der Waals surface area contributed by atoms with Crippen LogP contribution in [0.4, 0.5) is 14.9 Å². The van der Waals surface area contributed by atoms with E-state index in [1.165, 1.54) is 18.2 Å². The maximum Gasteiger partial charge on any atom is 0.326 e. The zero-order valence-electron chi connectivity index (χ0n) is 11.1. The molecular formula is C13H16FIN2O3. The number of halogens is 2. The summed E-state index contributed by atoms with van der Waals surface area (Å²) in [5.41, 5.74) is 0.429. The van der Waals surface area contributed by atoms with Crippen molar-refractivity contribution < 1.29 is 19.1 Å². The van der Waals surface area contributed by atoms with Crippen molar-refractivity contribution >= 4 is 40.3 Å². The summed E-state index contributed by atoms with van der Waals surface area (Å²) in [5, 5.41) is 13.9. The third-order valence-corrected chi connectivity index (χ3v) is 3.38. The van der Waals surface area contributed by atoms with Gasteiger partial charge in [0, 0.05) is 3.57 Å². The SMILES string of the molecule is CC(C)CC(NC(=O)Nc1ccc(F)cc1I)C(=O)O. The summed E-state index contributed by atoms with van der Waals surface area (Å²) in [7, 11) is 0. The van der Waals surface area contributed by atoms with Crippen molar-refractivity contribution in [3.63, 3.8) is 0 Å². The number of carboxylic acid groups (broad SMARTS) is 1. The smallest absolute Gasteiger partial charge is 0.326 e. The number of aliphatic carboxylic acids is 1. The van der Waals surface area contributed by atoms with Crippen molar-refractivity contribution in [3.8, 4) is 0 Å². The van der Waals surface area contributed by atoms with Gasteiger partial charge in [-0.3, -0.25) is 0 Å². The fourth-order valence-electron chi connectivity index (χ4n) is 1.60. The maximum atomic E-state index is 12.9. The van der Waals surface area contributed by atoms with Crippen molar-refractivity contribution in [2.45, 2.75) is 26.3 Å². The van der Waals surface area contributed by atoms with Crippen LogP contribution in [-0.2, 0) is 4.79 Å². The van der Waals surface area contributed by atoms with E-state index in [0.717, 1.165) is 0 Å². The van der Waals surface area contributed by atoms with Crippen molar-refractivity contribution in [1.29, 1.82) is 0 Å². The van der Waals surface area contributed by atoms with Gasteiger partial charge < -0.3 is 15.7 Å². The maximum absolute atomic E-state index is 12.9. The molecule has 0 spiro atoms. The lowest BCUT2D eigenvalue weighted by molar-refractivity contribution is -0.139. The average Bonchev–Trinajstić information content (AvgIpc) is 2.31. The minimum Gasteiger partial charge on any atom is -0.480 e. The number of rotatable bonds is 5. The standard InChI is InChI=1S/C13H16FIN2O3/c1-7(2)5-11(12(18)19)17-13(20)16-10-4-3-8(14)6-9(10)15/h3-4,6-7,11H,5H2,1-2H3,(H,18,19)(H2,16,17,20). The monoisotopic (exact) mass is 394 g/mol. The van der Waals surface area contributed by atoms with E-state index in [2.05, 4.69) is 10.6 Å². The number of anilines is 1. The molecule has 0 saturated heterocycles. The van der Waals surface area contributed by atoms with Crippen molar-refractivity contribution in [1.82, 2.24) is 5.32 Å². The first-order valence-electron chi connectivity index (χ1n) is 6.05. The normalized spacial score (nSPS) is 12.1. The second-order valence-electron chi connectivity index (χ2n) is 4.74. The Kier molecular flexibility index (Phi) is 6.18. The molecule has 1 aromatic rings. The molecule has 0 aliphatic heterocycles. The summed E-state index contributed by atoms with van der Waals surface area (Å²) in [4.78, 5) is 22.8. The van der Waals surface area contributed by atoms with E-state index in [1.54, 1.807) is 0 Å². The molecule has 20 heavy (non-hydrogen) atoms. The predicted octanol–water partition coefficient (Wildman–Crippen LogP) is 3.05. The molecule has 3 N–H and O–H groups in total. The summed E-state index contributed by atoms with van der Waals surface area (Å²) in [6, 6.07) is 2.35. The van der Waals surface area contributed by atoms with Gasteiger partial charge in [0.15, 0.2) is 0 Å². The second-order valence-corrected chi connectivity index (χ2v) is 5.91. The molecule has 0 saturated carbocycles. The number of carboxylic acids is 1. The highest BCUT2D eigenvalue weighted by atomic mass is 127. The van der Waals surface area contributed by atoms with Crippen LogP contribution in [0.25, 0.3) is 0 Å². The van der Waals surface area contributed by atoms with Gasteiger partial charge in [-0.2, -0.15) is 0 Å². The van der Waals surface area contributed by atoms with E-state index in [-0.39, 0.29) is 5.92 Å². The molecule has 1 atom stereocenters. The van der Waals surface area contributed by atoms with Crippen LogP contribution in [0.3, 0.4) is 0 Å². The Morgan fingerprint density at radius 1 is 1.40 bits per heavy atom. The molecule has 5 nitrogen and oxygen atoms in total. The fourth-order valence-corrected chi connectivity index (χ4v) is 2.21. The van der Waals surface area contributed by atoms with Gasteiger partial charge in [-0.1, -0.05) is 13.8 Å². The van der Waals surface area contributed by atoms with Crippen LogP contribution in [0.15, 0.2) is 18.2 Å². The Labute approximate surface area is 130 Å². The van der Waals surface area contributed by atoms with Gasteiger partial charge in [-0.05, 0) is 53.1 Å². The summed E-state index contributed by atoms with van der Waals surface area (Å²) in [5.74, 6) is -1.34. The molecule has 0 radical (unpaired) electrons. The molecule has 1 rings (SSSR count). The van der Waals surface area contributed by atoms with Crippen LogP contribution in [0, 0.1) is 15.3 Å². The first-order valence-corrected chi connectivity index (χ1v) is 7.13. The van der Waals surface area contributed by atoms with Crippen molar-refractivity contribution in [2.24, 2.45) is 5.92 Å². The molecule has 7 heteroatoms. The van der Waals surface area contributed by atoms with Crippen LogP contribution >= 0.6 is 22.6 Å². The van der Waals surface area contributed by atoms with Gasteiger partial charge in [0.2, 0.25) is 0 Å². The van der Waals surface area contributed by atoms with E-state index in [1.807, 2.05) is 36.4 Å². The highest BCUT2D eigenvalue weighted by Gasteiger charge is 2.21. The molecule has 0 aliphatic rings. The zero-order valence-corrected chi connectivity index (χ0v) is 13.3. The Bertz CT molecular complexity index is 508. The number of hydrogen-bond acceptors (Lipinski definition) is 2. The Morgan fingerprint density at radius 2 is 2.05 bits per heavy atom. The van der Waals surface area contributed by atoms with E-state index >= 15 is 0 Å². The van der Waals surface area contributed by atoms with Gasteiger partial charge in [-0.15, -0.1) is 0 Å². The highest BCUT2D eigenvalue weighted by molar-refractivity contribution is 14.1. The first-order chi connectivity index (χ1) is 9.29. The van der Waals surface area contributed by atoms with E-state index < -0.39 is 23.9 Å². The average molecular weight is 394 g/mol. The van der Waals surface area contributed by atoms with Crippen LogP contribution in [-0.4, -0.2) is 23.1 Å². The fraction of sp³-hybridized carbons (Fsp3) is 0.385. The third kappa shape index (κ3) is 5.32. The molecule has 2 amide bonds. The topological polar surface area (TPSA) is 78.4 Å². The molecular weight excluding hydrogens is 378 g/mol. The molecule has 0 bridgehead atoms. The van der Waals surface area contributed by atoms with Gasteiger partial charge in [0.1, 0.15) is 11.9 Å². The Balaban J connectivity index is 2.68. The van der Waals surface area contributed by atoms with Gasteiger partial charge >= 0.3 is 12.0 Å². The van der Waals surface area contributed by atoms with Crippen LogP contribution in [0.5, 0.6) is 0 Å². The second kappa shape index (κ2) is 7.41. The van der Waals surface area contributed by atoms with Crippen LogP contribution in [0.1, 0.15) is 20.3 Å². The molecule has 0 aliphatic carbocycles. The number of carbonyl (C=O) groups excluding carboxylic acids is 1. The summed E-state index contributed by atoms with van der Waals surface area (Å²) < 4.78 is 13.5. The largest absolute Gasteiger partial charge is 0.480 e. The van der Waals surface area contributed by atoms with Crippen molar-refractivity contribution in [3.05, 3.63) is 27.6 Å². The quantitative estimate of drug-likeness (QED) is 0.672. The number of nitrogens with one attached hydrogen (secondary N) is 2. The van der Waals surface area contributed by atoms with Gasteiger partial charge in [0.05, 0.1) is 5.69 Å². The lowest BCUT2D eigenvalue weighted by Crippen LogP contribution is -2.43. The number of benzene rings is 1. The van der Waals surface area contributed by atoms with Gasteiger partial charge in [0.25, 0.3) is 0 Å². The van der Waals surface area contributed by atoms with Crippen LogP contribution in [0.2, 0.25) is 0 Å². The van der Waals surface area contributed by atoms with Crippen LogP contribution < -0.4 is 10.6 Å². The number of hydrogen-bond donors (Lipinski definition) is 3. The minimum atomic E-state index is -1.08. The Morgan fingerprint density at radius 3 is 2.55 bits per heavy atom. The minimum absolute atomic E-state index is 0.141. The van der Waals surface area contributed by atoms with Crippen molar-refractivity contribution in [2.75, 3.05) is 5.32 Å². The van der Waals surface area contributed by atoms with E-state index in [0.29, 0.717) is 15.7 Å². The molecule has 1 unspecified atom stereocenters. The molecule has 1 aromatic carbocycles. The van der Waals surface area contributed by atoms with E-state index in [4.69, 9.17) is 5.11 Å². The third-order valence-electron chi connectivity index (χ3n) is 2.49. The summed E-state index contributed by atoms with van der Waals surface area (Å²) in [6.45, 7) is 3.75. The highest BCUT2D eigenvalue weighted by Crippen LogP contribution is 2.19. The first kappa shape index (κ1) is 16.7. The molecule has 0 aromatic heterocycles. The number of amides is 2. The lowest BCUT2D eigenvalue weighted by Gasteiger charge is -2.17. The molecule has 0 fully saturated rings. The van der Waals surface area contributed by atoms with E-state index in [9.17, 15) is 14.0 Å². The molecule has 110 valence electrons. The molecule has 0 heterocycles. The summed E-state index contributed by atoms with van der Waals surface area (Å²) in [6.07, 6.45) is 0.337. The lowest BCUT2D eigenvalue weighted by atomic mass is 10.0. The zero-order chi connectivity index (χ0) is 15.3. The number of urea groups is 1. The summed E-state index contributed by atoms with van der Waals surface area (Å²) >= 11 is 1.89. The Hall–Kier alpha value is -1.38. The number of carbonyl (C=O) groups is 2.